The van der Waals surface area contributed by atoms with Gasteiger partial charge >= 0.3 is 0 Å². The molecule has 5 heteroatoms. The Labute approximate surface area is 112 Å². The molecule has 18 heavy (non-hydrogen) atoms. The van der Waals surface area contributed by atoms with Gasteiger partial charge in [-0.1, -0.05) is 6.42 Å². The van der Waals surface area contributed by atoms with E-state index in [1.165, 1.54) is 25.3 Å². The van der Waals surface area contributed by atoms with Gasteiger partial charge in [0.05, 0.1) is 6.61 Å². The van der Waals surface area contributed by atoms with Crippen LogP contribution in [0.25, 0.3) is 0 Å². The van der Waals surface area contributed by atoms with Gasteiger partial charge in [-0.05, 0) is 37.9 Å². The van der Waals surface area contributed by atoms with Crippen LogP contribution in [0.1, 0.15) is 25.7 Å². The molecule has 1 aromatic rings. The first kappa shape index (κ1) is 15.2. The van der Waals surface area contributed by atoms with E-state index in [-0.39, 0.29) is 12.4 Å². The highest BCUT2D eigenvalue weighted by Gasteiger charge is 2.12. The third kappa shape index (κ3) is 4.42. The van der Waals surface area contributed by atoms with E-state index in [0.717, 1.165) is 25.1 Å². The molecule has 1 atom stereocenters. The molecule has 0 saturated carbocycles. The molecule has 0 aliphatic carbocycles. The second-order valence-corrected chi connectivity index (χ2v) is 4.36. The lowest BCUT2D eigenvalue weighted by Crippen LogP contribution is -2.35. The Kier molecular flexibility index (Phi) is 6.36. The molecule has 1 aliphatic heterocycles. The lowest BCUT2D eigenvalue weighted by Gasteiger charge is -2.23. The average Bonchev–Trinajstić information content (AvgIpc) is 2.35. The summed E-state index contributed by atoms with van der Waals surface area (Å²) >= 11 is 0. The molecule has 2 rings (SSSR count). The molecule has 0 bridgehead atoms. The van der Waals surface area contributed by atoms with E-state index in [9.17, 15) is 8.78 Å². The van der Waals surface area contributed by atoms with Gasteiger partial charge in [0.25, 0.3) is 0 Å². The van der Waals surface area contributed by atoms with Crippen LogP contribution in [0.15, 0.2) is 18.2 Å². The van der Waals surface area contributed by atoms with Crippen LogP contribution in [0.3, 0.4) is 0 Å². The minimum atomic E-state index is -0.863. The standard InChI is InChI=1S/C13H17F2NO.ClH/c14-12-5-4-11(9-13(12)15)17-8-6-10-3-1-2-7-16-10;/h4-5,9-10,16H,1-3,6-8H2;1H. The highest BCUT2D eigenvalue weighted by atomic mass is 35.5. The second kappa shape index (κ2) is 7.54. The highest BCUT2D eigenvalue weighted by molar-refractivity contribution is 5.85. The van der Waals surface area contributed by atoms with Gasteiger partial charge in [0, 0.05) is 12.1 Å². The topological polar surface area (TPSA) is 21.3 Å². The third-order valence-electron chi connectivity index (χ3n) is 3.04. The summed E-state index contributed by atoms with van der Waals surface area (Å²) in [5, 5.41) is 3.41. The number of rotatable bonds is 4. The van der Waals surface area contributed by atoms with E-state index >= 15 is 0 Å². The van der Waals surface area contributed by atoms with Crippen molar-refractivity contribution >= 4 is 12.4 Å². The van der Waals surface area contributed by atoms with Crippen LogP contribution < -0.4 is 10.1 Å². The molecule has 1 unspecified atom stereocenters. The molecule has 0 spiro atoms. The summed E-state index contributed by atoms with van der Waals surface area (Å²) in [4.78, 5) is 0. The summed E-state index contributed by atoms with van der Waals surface area (Å²) in [6.45, 7) is 1.60. The number of nitrogens with one attached hydrogen (secondary N) is 1. The predicted molar refractivity (Wildman–Crippen MR) is 69.4 cm³/mol. The molecule has 1 fully saturated rings. The molecule has 0 radical (unpaired) electrons. The molecule has 0 aromatic heterocycles. The molecular formula is C13H18ClF2NO. The van der Waals surface area contributed by atoms with Gasteiger partial charge in [0.15, 0.2) is 11.6 Å². The summed E-state index contributed by atoms with van der Waals surface area (Å²) in [7, 11) is 0. The van der Waals surface area contributed by atoms with Gasteiger partial charge in [0.2, 0.25) is 0 Å². The molecule has 1 saturated heterocycles. The van der Waals surface area contributed by atoms with Crippen molar-refractivity contribution in [2.24, 2.45) is 0 Å². The van der Waals surface area contributed by atoms with Crippen LogP contribution in [-0.4, -0.2) is 19.2 Å². The van der Waals surface area contributed by atoms with Gasteiger partial charge in [-0.2, -0.15) is 0 Å². The number of hydrogen-bond acceptors (Lipinski definition) is 2. The lowest BCUT2D eigenvalue weighted by atomic mass is 10.0. The van der Waals surface area contributed by atoms with E-state index in [1.807, 2.05) is 0 Å². The minimum Gasteiger partial charge on any atom is -0.493 e. The van der Waals surface area contributed by atoms with Crippen molar-refractivity contribution in [1.82, 2.24) is 5.32 Å². The average molecular weight is 278 g/mol. The third-order valence-corrected chi connectivity index (χ3v) is 3.04. The SMILES string of the molecule is Cl.Fc1ccc(OCCC2CCCCN2)cc1F. The maximum Gasteiger partial charge on any atom is 0.162 e. The first-order valence-electron chi connectivity index (χ1n) is 6.07. The van der Waals surface area contributed by atoms with Crippen LogP contribution in [-0.2, 0) is 0 Å². The Bertz CT molecular complexity index is 370. The minimum absolute atomic E-state index is 0. The van der Waals surface area contributed by atoms with E-state index in [1.54, 1.807) is 0 Å². The largest absolute Gasteiger partial charge is 0.493 e. The van der Waals surface area contributed by atoms with Crippen LogP contribution in [0.5, 0.6) is 5.75 Å². The number of ether oxygens (including phenoxy) is 1. The van der Waals surface area contributed by atoms with Crippen molar-refractivity contribution in [3.63, 3.8) is 0 Å². The Morgan fingerprint density at radius 1 is 1.22 bits per heavy atom. The predicted octanol–water partition coefficient (Wildman–Crippen LogP) is 3.30. The van der Waals surface area contributed by atoms with Crippen LogP contribution in [0.2, 0.25) is 0 Å². The number of halogens is 3. The number of benzene rings is 1. The van der Waals surface area contributed by atoms with E-state index in [0.29, 0.717) is 18.4 Å². The molecule has 1 aliphatic rings. The Balaban J connectivity index is 0.00000162. The fraction of sp³-hybridized carbons (Fsp3) is 0.538. The monoisotopic (exact) mass is 277 g/mol. The molecule has 1 aromatic carbocycles. The maximum atomic E-state index is 12.9. The number of hydrogen-bond donors (Lipinski definition) is 1. The first-order chi connectivity index (χ1) is 8.25. The van der Waals surface area contributed by atoms with Crippen molar-refractivity contribution in [2.75, 3.05) is 13.2 Å². The molecule has 2 nitrogen and oxygen atoms in total. The van der Waals surface area contributed by atoms with Crippen LogP contribution >= 0.6 is 12.4 Å². The maximum absolute atomic E-state index is 12.9. The Morgan fingerprint density at radius 3 is 2.72 bits per heavy atom. The quantitative estimate of drug-likeness (QED) is 0.912. The summed E-state index contributed by atoms with van der Waals surface area (Å²) < 4.78 is 31.0. The molecule has 102 valence electrons. The smallest absolute Gasteiger partial charge is 0.162 e. The van der Waals surface area contributed by atoms with Crippen LogP contribution in [0, 0.1) is 11.6 Å². The number of piperidine rings is 1. The fourth-order valence-corrected chi connectivity index (χ4v) is 2.06. The van der Waals surface area contributed by atoms with Crippen molar-refractivity contribution in [1.29, 1.82) is 0 Å². The molecule has 1 heterocycles. The second-order valence-electron chi connectivity index (χ2n) is 4.36. The van der Waals surface area contributed by atoms with Crippen molar-refractivity contribution in [2.45, 2.75) is 31.7 Å². The van der Waals surface area contributed by atoms with Crippen molar-refractivity contribution < 1.29 is 13.5 Å². The summed E-state index contributed by atoms with van der Waals surface area (Å²) in [5.41, 5.74) is 0. The van der Waals surface area contributed by atoms with Crippen molar-refractivity contribution in [3.8, 4) is 5.75 Å². The van der Waals surface area contributed by atoms with Crippen LogP contribution in [0.4, 0.5) is 8.78 Å². The van der Waals surface area contributed by atoms with Gasteiger partial charge < -0.3 is 10.1 Å². The van der Waals surface area contributed by atoms with E-state index in [2.05, 4.69) is 5.32 Å². The zero-order chi connectivity index (χ0) is 12.1. The summed E-state index contributed by atoms with van der Waals surface area (Å²) in [6.07, 6.45) is 4.56. The normalized spacial score (nSPS) is 19.1. The zero-order valence-electron chi connectivity index (χ0n) is 10.1. The Morgan fingerprint density at radius 2 is 2.06 bits per heavy atom. The van der Waals surface area contributed by atoms with E-state index < -0.39 is 11.6 Å². The molecular weight excluding hydrogens is 260 g/mol. The fourth-order valence-electron chi connectivity index (χ4n) is 2.06. The van der Waals surface area contributed by atoms with Gasteiger partial charge in [-0.15, -0.1) is 12.4 Å². The zero-order valence-corrected chi connectivity index (χ0v) is 10.9. The molecule has 0 amide bonds. The van der Waals surface area contributed by atoms with Gasteiger partial charge in [0.1, 0.15) is 5.75 Å². The lowest BCUT2D eigenvalue weighted by molar-refractivity contribution is 0.267. The first-order valence-corrected chi connectivity index (χ1v) is 6.07. The van der Waals surface area contributed by atoms with Gasteiger partial charge in [-0.25, -0.2) is 8.78 Å². The van der Waals surface area contributed by atoms with Crippen molar-refractivity contribution in [3.05, 3.63) is 29.8 Å². The Hall–Kier alpha value is -0.870. The summed E-state index contributed by atoms with van der Waals surface area (Å²) in [5.74, 6) is -1.32. The molecule has 1 N–H and O–H groups in total. The summed E-state index contributed by atoms with van der Waals surface area (Å²) in [6, 6.07) is 4.12. The highest BCUT2D eigenvalue weighted by Crippen LogP contribution is 2.16. The van der Waals surface area contributed by atoms with E-state index in [4.69, 9.17) is 4.74 Å². The van der Waals surface area contributed by atoms with Gasteiger partial charge in [-0.3, -0.25) is 0 Å².